The third kappa shape index (κ3) is 5.54. The molecule has 5 aromatic carbocycles. The summed E-state index contributed by atoms with van der Waals surface area (Å²) in [6.45, 7) is 10.4. The Labute approximate surface area is 281 Å². The number of allylic oxidation sites excluding steroid dienone is 4. The second-order valence-electron chi connectivity index (χ2n) is 14.4. The summed E-state index contributed by atoms with van der Waals surface area (Å²) in [6.07, 6.45) is 10.2. The highest BCUT2D eigenvalue weighted by Gasteiger charge is 2.47. The van der Waals surface area contributed by atoms with Gasteiger partial charge in [-0.15, -0.1) is 0 Å². The maximum atomic E-state index is 2.58. The zero-order chi connectivity index (χ0) is 32.6. The fourth-order valence-electron chi connectivity index (χ4n) is 8.20. The summed E-state index contributed by atoms with van der Waals surface area (Å²) in [5.74, 6) is 0.648. The number of hydrogen-bond donors (Lipinski definition) is 0. The minimum atomic E-state index is -0.256. The van der Waals surface area contributed by atoms with Crippen LogP contribution < -0.4 is 4.90 Å². The van der Waals surface area contributed by atoms with E-state index in [4.69, 9.17) is 0 Å². The highest BCUT2D eigenvalue weighted by molar-refractivity contribution is 6.03. The molecule has 5 aromatic rings. The lowest BCUT2D eigenvalue weighted by Gasteiger charge is -2.34. The Bertz CT molecular complexity index is 1950. The maximum Gasteiger partial charge on any atom is 0.209 e. The fourth-order valence-corrected chi connectivity index (χ4v) is 8.20. The van der Waals surface area contributed by atoms with E-state index in [0.29, 0.717) is 5.92 Å². The van der Waals surface area contributed by atoms with Crippen molar-refractivity contribution in [3.05, 3.63) is 168 Å². The Morgan fingerprint density at radius 1 is 0.723 bits per heavy atom. The number of hydrogen-bond acceptors (Lipinski definition) is 1. The molecule has 2 aliphatic heterocycles. The molecular formula is C45H47N2+. The van der Waals surface area contributed by atoms with Crippen molar-refractivity contribution in [2.75, 3.05) is 18.5 Å². The summed E-state index contributed by atoms with van der Waals surface area (Å²) in [4.78, 5) is 2.47. The van der Waals surface area contributed by atoms with Crippen LogP contribution in [0.25, 0.3) is 10.8 Å². The minimum absolute atomic E-state index is 0.0749. The van der Waals surface area contributed by atoms with E-state index in [-0.39, 0.29) is 10.8 Å². The molecule has 0 spiro atoms. The predicted molar refractivity (Wildman–Crippen MR) is 200 cm³/mol. The van der Waals surface area contributed by atoms with E-state index in [0.717, 1.165) is 25.8 Å². The lowest BCUT2D eigenvalue weighted by atomic mass is 9.69. The van der Waals surface area contributed by atoms with Crippen molar-refractivity contribution in [2.24, 2.45) is 5.92 Å². The first-order chi connectivity index (χ1) is 22.8. The predicted octanol–water partition coefficient (Wildman–Crippen LogP) is 10.6. The molecule has 0 N–H and O–H groups in total. The van der Waals surface area contributed by atoms with Gasteiger partial charge in [0.1, 0.15) is 6.54 Å². The molecule has 0 aromatic heterocycles. The van der Waals surface area contributed by atoms with Crippen LogP contribution in [0.2, 0.25) is 0 Å². The van der Waals surface area contributed by atoms with Gasteiger partial charge in [0.15, 0.2) is 5.71 Å². The second kappa shape index (κ2) is 12.5. The smallest absolute Gasteiger partial charge is 0.209 e. The Hall–Kier alpha value is -4.69. The van der Waals surface area contributed by atoms with Crippen LogP contribution in [0.1, 0.15) is 56.4 Å². The molecule has 2 aliphatic rings. The zero-order valence-corrected chi connectivity index (χ0v) is 28.6. The monoisotopic (exact) mass is 615 g/mol. The highest BCUT2D eigenvalue weighted by Crippen LogP contribution is 2.54. The first-order valence-corrected chi connectivity index (χ1v) is 17.3. The van der Waals surface area contributed by atoms with Gasteiger partial charge in [0.2, 0.25) is 5.69 Å². The molecule has 2 heteroatoms. The molecule has 2 heterocycles. The molecule has 0 saturated heterocycles. The van der Waals surface area contributed by atoms with E-state index < -0.39 is 0 Å². The van der Waals surface area contributed by atoms with E-state index in [1.54, 1.807) is 0 Å². The van der Waals surface area contributed by atoms with Crippen molar-refractivity contribution in [3.63, 3.8) is 0 Å². The molecule has 0 unspecified atom stereocenters. The van der Waals surface area contributed by atoms with Crippen LogP contribution in [-0.2, 0) is 23.7 Å². The normalized spacial score (nSPS) is 17.3. The van der Waals surface area contributed by atoms with Gasteiger partial charge in [-0.3, -0.25) is 0 Å². The molecule has 0 bridgehead atoms. The minimum Gasteiger partial charge on any atom is -0.347 e. The number of nitrogens with zero attached hydrogens (tertiary/aromatic N) is 2. The summed E-state index contributed by atoms with van der Waals surface area (Å²) >= 11 is 0. The van der Waals surface area contributed by atoms with Crippen molar-refractivity contribution in [1.29, 1.82) is 0 Å². The van der Waals surface area contributed by atoms with Gasteiger partial charge in [0, 0.05) is 48.0 Å². The average molecular weight is 616 g/mol. The van der Waals surface area contributed by atoms with Crippen molar-refractivity contribution >= 4 is 27.9 Å². The SMILES string of the molecule is CC(C)CC[N+]1=C(C=CC=C2N(C)c3ccc4ccccc4c3C2(Cc2ccccc2)Cc2ccccc2)C(C)(C)c2ccccc21. The van der Waals surface area contributed by atoms with Gasteiger partial charge in [-0.1, -0.05) is 129 Å². The van der Waals surface area contributed by atoms with Gasteiger partial charge < -0.3 is 4.90 Å². The van der Waals surface area contributed by atoms with Crippen LogP contribution >= 0.6 is 0 Å². The lowest BCUT2D eigenvalue weighted by Crippen LogP contribution is -2.34. The molecular weight excluding hydrogens is 569 g/mol. The second-order valence-corrected chi connectivity index (χ2v) is 14.4. The molecule has 0 atom stereocenters. The van der Waals surface area contributed by atoms with Gasteiger partial charge >= 0.3 is 0 Å². The number of benzene rings is 5. The van der Waals surface area contributed by atoms with E-state index in [1.165, 1.54) is 55.8 Å². The van der Waals surface area contributed by atoms with E-state index in [9.17, 15) is 0 Å². The molecule has 47 heavy (non-hydrogen) atoms. The van der Waals surface area contributed by atoms with Gasteiger partial charge in [-0.05, 0) is 72.2 Å². The number of para-hydroxylation sites is 1. The number of fused-ring (bicyclic) bond motifs is 4. The molecule has 0 fully saturated rings. The third-order valence-electron chi connectivity index (χ3n) is 10.5. The standard InChI is InChI=1S/C45H47N2/c1-33(2)29-30-47-39-24-15-14-23-38(39)44(3,4)41(47)25-16-26-42-45(31-34-17-8-6-9-18-34,32-35-19-10-7-11-20-35)43-37-22-13-12-21-36(37)27-28-40(43)46(42)5/h6-28,33H,29-32H2,1-5H3/q+1. The topological polar surface area (TPSA) is 6.25 Å². The van der Waals surface area contributed by atoms with Crippen molar-refractivity contribution in [3.8, 4) is 0 Å². The van der Waals surface area contributed by atoms with Crippen molar-refractivity contribution in [1.82, 2.24) is 0 Å². The van der Waals surface area contributed by atoms with Gasteiger partial charge in [-0.2, -0.15) is 4.58 Å². The van der Waals surface area contributed by atoms with E-state index in [1.807, 2.05) is 0 Å². The average Bonchev–Trinajstić information content (AvgIpc) is 3.44. The molecule has 0 radical (unpaired) electrons. The molecule has 0 aliphatic carbocycles. The summed E-state index contributed by atoms with van der Waals surface area (Å²) in [6, 6.07) is 44.7. The van der Waals surface area contributed by atoms with E-state index in [2.05, 4.69) is 184 Å². The van der Waals surface area contributed by atoms with Gasteiger partial charge in [0.05, 0.1) is 5.41 Å². The fraction of sp³-hybridized carbons (Fsp3) is 0.267. The van der Waals surface area contributed by atoms with Crippen molar-refractivity contribution < 1.29 is 4.58 Å². The van der Waals surface area contributed by atoms with Gasteiger partial charge in [0.25, 0.3) is 0 Å². The quantitative estimate of drug-likeness (QED) is 0.150. The van der Waals surface area contributed by atoms with Crippen LogP contribution in [0.3, 0.4) is 0 Å². The number of rotatable bonds is 9. The van der Waals surface area contributed by atoms with Gasteiger partial charge in [-0.25, -0.2) is 0 Å². The Morgan fingerprint density at radius 3 is 2.02 bits per heavy atom. The Balaban J connectivity index is 1.42. The van der Waals surface area contributed by atoms with E-state index >= 15 is 0 Å². The molecule has 0 saturated carbocycles. The number of anilines is 1. The Morgan fingerprint density at radius 2 is 1.34 bits per heavy atom. The summed E-state index contributed by atoms with van der Waals surface area (Å²) in [5, 5.41) is 2.64. The molecule has 2 nitrogen and oxygen atoms in total. The summed E-state index contributed by atoms with van der Waals surface area (Å²) in [5.41, 5.74) is 10.6. The van der Waals surface area contributed by atoms with Crippen LogP contribution in [-0.4, -0.2) is 23.9 Å². The van der Waals surface area contributed by atoms with Crippen molar-refractivity contribution in [2.45, 2.75) is 57.8 Å². The third-order valence-corrected chi connectivity index (χ3v) is 10.5. The summed E-state index contributed by atoms with van der Waals surface area (Å²) in [7, 11) is 2.27. The number of likely N-dealkylation sites (N-methyl/N-ethyl adjacent to an activating group) is 1. The van der Waals surface area contributed by atoms with Crippen LogP contribution in [0.5, 0.6) is 0 Å². The molecule has 0 amide bonds. The first-order valence-electron chi connectivity index (χ1n) is 17.3. The Kier molecular flexibility index (Phi) is 8.22. The van der Waals surface area contributed by atoms with Crippen LogP contribution in [0.4, 0.5) is 11.4 Å². The molecule has 7 rings (SSSR count). The maximum absolute atomic E-state index is 2.58. The van der Waals surface area contributed by atoms with Crippen LogP contribution in [0, 0.1) is 5.92 Å². The highest BCUT2D eigenvalue weighted by atomic mass is 15.2. The zero-order valence-electron chi connectivity index (χ0n) is 28.6. The largest absolute Gasteiger partial charge is 0.347 e. The molecule has 236 valence electrons. The first kappa shape index (κ1) is 30.9. The lowest BCUT2D eigenvalue weighted by molar-refractivity contribution is -0.439. The summed E-state index contributed by atoms with van der Waals surface area (Å²) < 4.78 is 2.58. The van der Waals surface area contributed by atoms with Crippen LogP contribution in [0.15, 0.2) is 145 Å².